The molecule has 0 unspecified atom stereocenters. The van der Waals surface area contributed by atoms with Crippen LogP contribution in [0.4, 0.5) is 4.79 Å². The number of amides is 2. The maximum atomic E-state index is 12.4. The third-order valence-electron chi connectivity index (χ3n) is 5.06. The first-order valence-electron chi connectivity index (χ1n) is 8.43. The van der Waals surface area contributed by atoms with Crippen molar-refractivity contribution in [3.63, 3.8) is 0 Å². The molecule has 0 spiro atoms. The second-order valence-electron chi connectivity index (χ2n) is 6.60. The Labute approximate surface area is 132 Å². The molecule has 1 saturated carbocycles. The number of pyridine rings is 1. The van der Waals surface area contributed by atoms with Crippen molar-refractivity contribution < 1.29 is 4.79 Å². The molecule has 1 aromatic rings. The molecule has 5 nitrogen and oxygen atoms in total. The molecular weight excluding hydrogens is 276 g/mol. The van der Waals surface area contributed by atoms with E-state index in [1.165, 1.54) is 5.56 Å². The Morgan fingerprint density at radius 3 is 2.36 bits per heavy atom. The zero-order chi connectivity index (χ0) is 15.4. The maximum Gasteiger partial charge on any atom is 0.317 e. The van der Waals surface area contributed by atoms with E-state index in [9.17, 15) is 4.79 Å². The molecule has 2 amide bonds. The van der Waals surface area contributed by atoms with Gasteiger partial charge >= 0.3 is 6.03 Å². The number of nitrogens with zero attached hydrogens (tertiary/aromatic N) is 2. The van der Waals surface area contributed by atoms with E-state index in [2.05, 4.69) is 22.4 Å². The Balaban J connectivity index is 1.46. The maximum absolute atomic E-state index is 12.4. The lowest BCUT2D eigenvalue weighted by molar-refractivity contribution is 0.173. The summed E-state index contributed by atoms with van der Waals surface area (Å²) >= 11 is 0. The van der Waals surface area contributed by atoms with Gasteiger partial charge in [0.05, 0.1) is 0 Å². The van der Waals surface area contributed by atoms with Gasteiger partial charge in [-0.15, -0.1) is 0 Å². The van der Waals surface area contributed by atoms with Crippen LogP contribution in [0, 0.1) is 0 Å². The van der Waals surface area contributed by atoms with Crippen LogP contribution in [0.15, 0.2) is 24.5 Å². The van der Waals surface area contributed by atoms with Crippen molar-refractivity contribution in [2.24, 2.45) is 5.73 Å². The fraction of sp³-hybridized carbons (Fsp3) is 0.647. The van der Waals surface area contributed by atoms with Gasteiger partial charge in [0.15, 0.2) is 0 Å². The van der Waals surface area contributed by atoms with Crippen molar-refractivity contribution in [3.05, 3.63) is 30.1 Å². The largest absolute Gasteiger partial charge is 0.335 e. The van der Waals surface area contributed by atoms with E-state index in [1.54, 1.807) is 0 Å². The predicted octanol–water partition coefficient (Wildman–Crippen LogP) is 2.24. The van der Waals surface area contributed by atoms with Gasteiger partial charge in [0.2, 0.25) is 0 Å². The Morgan fingerprint density at radius 1 is 1.09 bits per heavy atom. The number of carbonyl (C=O) groups is 1. The molecule has 1 aliphatic heterocycles. The summed E-state index contributed by atoms with van der Waals surface area (Å²) < 4.78 is 0. The van der Waals surface area contributed by atoms with E-state index >= 15 is 0 Å². The van der Waals surface area contributed by atoms with Gasteiger partial charge in [-0.1, -0.05) is 0 Å². The second kappa shape index (κ2) is 7.09. The van der Waals surface area contributed by atoms with E-state index in [0.29, 0.717) is 18.0 Å². The van der Waals surface area contributed by atoms with Gasteiger partial charge in [-0.2, -0.15) is 0 Å². The topological polar surface area (TPSA) is 71.2 Å². The van der Waals surface area contributed by atoms with Crippen LogP contribution in [0.25, 0.3) is 0 Å². The number of nitrogens with two attached hydrogens (primary N) is 1. The molecule has 3 rings (SSSR count). The van der Waals surface area contributed by atoms with Crippen LogP contribution < -0.4 is 11.1 Å². The summed E-state index contributed by atoms with van der Waals surface area (Å²) in [7, 11) is 0. The average molecular weight is 302 g/mol. The predicted molar refractivity (Wildman–Crippen MR) is 86.5 cm³/mol. The zero-order valence-corrected chi connectivity index (χ0v) is 13.1. The standard InChI is InChI=1S/C17H26N4O/c18-15-1-3-16(4-2-15)20-17(22)21-11-7-14(8-12-21)13-5-9-19-10-6-13/h5-6,9-10,14-16H,1-4,7-8,11-12,18H2,(H,20,22). The molecule has 120 valence electrons. The Kier molecular flexibility index (Phi) is 4.93. The molecule has 2 aliphatic rings. The van der Waals surface area contributed by atoms with Crippen molar-refractivity contribution in [3.8, 4) is 0 Å². The summed E-state index contributed by atoms with van der Waals surface area (Å²) in [5.74, 6) is 0.555. The van der Waals surface area contributed by atoms with Crippen molar-refractivity contribution >= 4 is 6.03 Å². The highest BCUT2D eigenvalue weighted by atomic mass is 16.2. The van der Waals surface area contributed by atoms with E-state index in [0.717, 1.165) is 51.6 Å². The van der Waals surface area contributed by atoms with Gasteiger partial charge < -0.3 is 16.0 Å². The first-order valence-corrected chi connectivity index (χ1v) is 8.43. The quantitative estimate of drug-likeness (QED) is 0.880. The molecule has 1 aromatic heterocycles. The fourth-order valence-electron chi connectivity index (χ4n) is 3.58. The van der Waals surface area contributed by atoms with Crippen molar-refractivity contribution in [2.75, 3.05) is 13.1 Å². The fourth-order valence-corrected chi connectivity index (χ4v) is 3.58. The van der Waals surface area contributed by atoms with Gasteiger partial charge in [-0.25, -0.2) is 4.79 Å². The minimum absolute atomic E-state index is 0.105. The SMILES string of the molecule is NC1CCC(NC(=O)N2CCC(c3ccncc3)CC2)CC1. The summed E-state index contributed by atoms with van der Waals surface area (Å²) in [6, 6.07) is 4.92. The number of carbonyl (C=O) groups excluding carboxylic acids is 1. The number of rotatable bonds is 2. The Bertz CT molecular complexity index is 477. The monoisotopic (exact) mass is 302 g/mol. The van der Waals surface area contributed by atoms with E-state index in [-0.39, 0.29) is 6.03 Å². The van der Waals surface area contributed by atoms with Gasteiger partial charge in [0.1, 0.15) is 0 Å². The number of piperidine rings is 1. The van der Waals surface area contributed by atoms with E-state index in [1.807, 2.05) is 17.3 Å². The van der Waals surface area contributed by atoms with E-state index < -0.39 is 0 Å². The van der Waals surface area contributed by atoms with Gasteiger partial charge in [-0.3, -0.25) is 4.98 Å². The third-order valence-corrected chi connectivity index (χ3v) is 5.06. The average Bonchev–Trinajstić information content (AvgIpc) is 2.58. The van der Waals surface area contributed by atoms with Crippen LogP contribution in [0.3, 0.4) is 0 Å². The molecule has 2 fully saturated rings. The highest BCUT2D eigenvalue weighted by Crippen LogP contribution is 2.27. The molecule has 5 heteroatoms. The molecule has 2 heterocycles. The van der Waals surface area contributed by atoms with Crippen LogP contribution in [0.2, 0.25) is 0 Å². The van der Waals surface area contributed by atoms with Gasteiger partial charge in [0.25, 0.3) is 0 Å². The van der Waals surface area contributed by atoms with Crippen molar-refractivity contribution in [1.29, 1.82) is 0 Å². The molecular formula is C17H26N4O. The lowest BCUT2D eigenvalue weighted by Crippen LogP contribution is -2.49. The van der Waals surface area contributed by atoms with Crippen LogP contribution in [-0.4, -0.2) is 41.1 Å². The summed E-state index contributed by atoms with van der Waals surface area (Å²) in [6.07, 6.45) is 9.84. The highest BCUT2D eigenvalue weighted by molar-refractivity contribution is 5.74. The molecule has 1 aliphatic carbocycles. The highest BCUT2D eigenvalue weighted by Gasteiger charge is 2.26. The molecule has 0 aromatic carbocycles. The number of aromatic nitrogens is 1. The number of hydrogen-bond acceptors (Lipinski definition) is 3. The van der Waals surface area contributed by atoms with E-state index in [4.69, 9.17) is 5.73 Å². The lowest BCUT2D eigenvalue weighted by atomic mass is 9.90. The summed E-state index contributed by atoms with van der Waals surface area (Å²) in [5, 5.41) is 3.19. The van der Waals surface area contributed by atoms with Crippen molar-refractivity contribution in [2.45, 2.75) is 56.5 Å². The van der Waals surface area contributed by atoms with Gasteiger partial charge in [-0.05, 0) is 62.1 Å². The molecule has 0 bridgehead atoms. The third kappa shape index (κ3) is 3.77. The molecule has 0 atom stereocenters. The Morgan fingerprint density at radius 2 is 1.73 bits per heavy atom. The van der Waals surface area contributed by atoms with Crippen LogP contribution in [0.1, 0.15) is 50.0 Å². The summed E-state index contributed by atoms with van der Waals surface area (Å²) in [5.41, 5.74) is 7.26. The van der Waals surface area contributed by atoms with Crippen LogP contribution in [0.5, 0.6) is 0 Å². The molecule has 1 saturated heterocycles. The minimum atomic E-state index is 0.105. The molecule has 3 N–H and O–H groups in total. The first-order chi connectivity index (χ1) is 10.7. The number of hydrogen-bond donors (Lipinski definition) is 2. The smallest absolute Gasteiger partial charge is 0.317 e. The number of urea groups is 1. The van der Waals surface area contributed by atoms with Crippen LogP contribution in [-0.2, 0) is 0 Å². The number of likely N-dealkylation sites (tertiary alicyclic amines) is 1. The molecule has 0 radical (unpaired) electrons. The zero-order valence-electron chi connectivity index (χ0n) is 13.1. The molecule has 22 heavy (non-hydrogen) atoms. The summed E-state index contributed by atoms with van der Waals surface area (Å²) in [6.45, 7) is 1.68. The summed E-state index contributed by atoms with van der Waals surface area (Å²) in [4.78, 5) is 18.4. The van der Waals surface area contributed by atoms with Gasteiger partial charge in [0, 0.05) is 37.6 Å². The Hall–Kier alpha value is -1.62. The normalized spacial score (nSPS) is 26.7. The van der Waals surface area contributed by atoms with Crippen molar-refractivity contribution in [1.82, 2.24) is 15.2 Å². The lowest BCUT2D eigenvalue weighted by Gasteiger charge is -2.34. The number of nitrogens with one attached hydrogen (secondary N) is 1. The minimum Gasteiger partial charge on any atom is -0.335 e. The second-order valence-corrected chi connectivity index (χ2v) is 6.60. The first kappa shape index (κ1) is 15.3. The van der Waals surface area contributed by atoms with Crippen LogP contribution >= 0.6 is 0 Å².